The van der Waals surface area contributed by atoms with Crippen LogP contribution in [0.3, 0.4) is 0 Å². The van der Waals surface area contributed by atoms with Gasteiger partial charge in [0.15, 0.2) is 0 Å². The van der Waals surface area contributed by atoms with E-state index < -0.39 is 6.10 Å². The minimum absolute atomic E-state index is 0. The maximum absolute atomic E-state index is 10.3. The predicted octanol–water partition coefficient (Wildman–Crippen LogP) is 3.39. The summed E-state index contributed by atoms with van der Waals surface area (Å²) in [6.45, 7) is 14.0. The van der Waals surface area contributed by atoms with Gasteiger partial charge in [0.2, 0.25) is 0 Å². The maximum Gasteiger partial charge on any atom is 0.119 e. The van der Waals surface area contributed by atoms with E-state index in [1.807, 2.05) is 6.07 Å². The summed E-state index contributed by atoms with van der Waals surface area (Å²) in [5.74, 6) is 1.34. The molecule has 5 heteroatoms. The summed E-state index contributed by atoms with van der Waals surface area (Å²) < 4.78 is 11.3. The van der Waals surface area contributed by atoms with Crippen molar-refractivity contribution < 1.29 is 14.6 Å². The number of hydrogen-bond donors (Lipinski definition) is 1. The van der Waals surface area contributed by atoms with E-state index in [2.05, 4.69) is 51.7 Å². The molecule has 0 radical (unpaired) electrons. The van der Waals surface area contributed by atoms with Gasteiger partial charge in [-0.2, -0.15) is 0 Å². The van der Waals surface area contributed by atoms with E-state index in [0.717, 1.165) is 18.9 Å². The number of hydrogen-bond acceptors (Lipinski definition) is 4. The van der Waals surface area contributed by atoms with Crippen LogP contribution in [0.4, 0.5) is 0 Å². The second kappa shape index (κ2) is 9.04. The molecule has 0 spiro atoms. The van der Waals surface area contributed by atoms with Gasteiger partial charge in [0.25, 0.3) is 0 Å². The second-order valence-corrected chi connectivity index (χ2v) is 7.45. The van der Waals surface area contributed by atoms with Crippen LogP contribution in [0.2, 0.25) is 0 Å². The average Bonchev–Trinajstić information content (AvgIpc) is 2.47. The highest BCUT2D eigenvalue weighted by atomic mass is 35.5. The highest BCUT2D eigenvalue weighted by molar-refractivity contribution is 5.85. The highest BCUT2D eigenvalue weighted by Crippen LogP contribution is 2.24. The summed E-state index contributed by atoms with van der Waals surface area (Å²) in [6.07, 6.45) is -0.502. The zero-order chi connectivity index (χ0) is 17.0. The summed E-state index contributed by atoms with van der Waals surface area (Å²) >= 11 is 0. The molecule has 1 unspecified atom stereocenters. The van der Waals surface area contributed by atoms with Crippen molar-refractivity contribution in [3.63, 3.8) is 0 Å². The lowest BCUT2D eigenvalue weighted by Crippen LogP contribution is -2.55. The van der Waals surface area contributed by atoms with Gasteiger partial charge in [-0.05, 0) is 49.9 Å². The number of aliphatic hydroxyl groups excluding tert-OH is 1. The normalized spacial score (nSPS) is 19.0. The lowest BCUT2D eigenvalue weighted by atomic mass is 9.98. The largest absolute Gasteiger partial charge is 0.491 e. The van der Waals surface area contributed by atoms with E-state index in [1.165, 1.54) is 11.1 Å². The number of aryl methyl sites for hydroxylation is 1. The summed E-state index contributed by atoms with van der Waals surface area (Å²) in [5, 5.41) is 10.3. The molecule has 1 N–H and O–H groups in total. The van der Waals surface area contributed by atoms with Crippen LogP contribution in [-0.4, -0.2) is 54.6 Å². The van der Waals surface area contributed by atoms with Crippen molar-refractivity contribution >= 4 is 12.4 Å². The molecule has 1 fully saturated rings. The Kier molecular flexibility index (Phi) is 8.00. The molecule has 0 saturated carbocycles. The Labute approximate surface area is 152 Å². The molecular formula is C19H32ClNO3. The topological polar surface area (TPSA) is 41.9 Å². The molecule has 0 aliphatic carbocycles. The lowest BCUT2D eigenvalue weighted by molar-refractivity contribution is -0.0703. The van der Waals surface area contributed by atoms with Crippen LogP contribution >= 0.6 is 12.4 Å². The molecule has 1 atom stereocenters. The molecule has 2 rings (SSSR count). The van der Waals surface area contributed by atoms with Gasteiger partial charge in [0.05, 0.1) is 13.2 Å². The van der Waals surface area contributed by atoms with Crippen LogP contribution in [0.25, 0.3) is 0 Å². The number of β-amino-alcohol motifs (C(OH)–C–C–N with tert-alkyl or cyclic N) is 1. The van der Waals surface area contributed by atoms with Crippen molar-refractivity contribution in [1.82, 2.24) is 4.90 Å². The number of morpholine rings is 1. The number of halogens is 1. The van der Waals surface area contributed by atoms with Gasteiger partial charge in [-0.25, -0.2) is 0 Å². The van der Waals surface area contributed by atoms with Gasteiger partial charge in [-0.15, -0.1) is 12.4 Å². The quantitative estimate of drug-likeness (QED) is 0.847. The third kappa shape index (κ3) is 5.62. The number of rotatable bonds is 6. The number of aliphatic hydroxyl groups is 1. The fourth-order valence-electron chi connectivity index (χ4n) is 3.11. The Morgan fingerprint density at radius 3 is 2.62 bits per heavy atom. The van der Waals surface area contributed by atoms with Gasteiger partial charge in [0.1, 0.15) is 18.5 Å². The molecule has 0 amide bonds. The molecule has 1 saturated heterocycles. The first-order valence-corrected chi connectivity index (χ1v) is 8.54. The minimum Gasteiger partial charge on any atom is -0.491 e. The van der Waals surface area contributed by atoms with Gasteiger partial charge in [0, 0.05) is 18.6 Å². The lowest BCUT2D eigenvalue weighted by Gasteiger charge is -2.42. The Morgan fingerprint density at radius 2 is 2.04 bits per heavy atom. The molecule has 1 aliphatic heterocycles. The van der Waals surface area contributed by atoms with Gasteiger partial charge < -0.3 is 14.6 Å². The van der Waals surface area contributed by atoms with Crippen LogP contribution < -0.4 is 4.74 Å². The molecular weight excluding hydrogens is 326 g/mol. The van der Waals surface area contributed by atoms with Crippen molar-refractivity contribution in [2.24, 2.45) is 0 Å². The van der Waals surface area contributed by atoms with Gasteiger partial charge in [-0.3, -0.25) is 4.90 Å². The maximum atomic E-state index is 10.3. The standard InChI is InChI=1S/C19H31NO3.ClH/c1-14(2)18-7-6-17(10-15(18)3)23-12-16(21)11-20-8-9-22-13-19(20,4)5;/h6-7,10,14,16,21H,8-9,11-13H2,1-5H3;1H. The number of ether oxygens (including phenoxy) is 2. The zero-order valence-electron chi connectivity index (χ0n) is 15.5. The van der Waals surface area contributed by atoms with Crippen LogP contribution in [0.15, 0.2) is 18.2 Å². The second-order valence-electron chi connectivity index (χ2n) is 7.45. The molecule has 1 heterocycles. The minimum atomic E-state index is -0.502. The number of benzene rings is 1. The van der Waals surface area contributed by atoms with E-state index in [-0.39, 0.29) is 17.9 Å². The number of nitrogens with zero attached hydrogens (tertiary/aromatic N) is 1. The summed E-state index contributed by atoms with van der Waals surface area (Å²) in [5.41, 5.74) is 2.55. The first kappa shape index (κ1) is 21.2. The molecule has 24 heavy (non-hydrogen) atoms. The molecule has 0 bridgehead atoms. The fraction of sp³-hybridized carbons (Fsp3) is 0.684. The Morgan fingerprint density at radius 1 is 1.33 bits per heavy atom. The first-order chi connectivity index (χ1) is 10.8. The van der Waals surface area contributed by atoms with Gasteiger partial charge in [-0.1, -0.05) is 19.9 Å². The highest BCUT2D eigenvalue weighted by Gasteiger charge is 2.31. The molecule has 1 aromatic carbocycles. The van der Waals surface area contributed by atoms with Crippen LogP contribution in [0.5, 0.6) is 5.75 Å². The molecule has 0 aromatic heterocycles. The van der Waals surface area contributed by atoms with E-state index >= 15 is 0 Å². The first-order valence-electron chi connectivity index (χ1n) is 8.54. The van der Waals surface area contributed by atoms with E-state index in [9.17, 15) is 5.11 Å². The smallest absolute Gasteiger partial charge is 0.119 e. The predicted molar refractivity (Wildman–Crippen MR) is 100 cm³/mol. The van der Waals surface area contributed by atoms with Crippen molar-refractivity contribution in [2.75, 3.05) is 32.9 Å². The van der Waals surface area contributed by atoms with Crippen LogP contribution in [0.1, 0.15) is 44.7 Å². The fourth-order valence-corrected chi connectivity index (χ4v) is 3.11. The molecule has 138 valence electrons. The van der Waals surface area contributed by atoms with E-state index in [1.54, 1.807) is 0 Å². The van der Waals surface area contributed by atoms with Gasteiger partial charge >= 0.3 is 0 Å². The molecule has 1 aliphatic rings. The zero-order valence-corrected chi connectivity index (χ0v) is 16.4. The monoisotopic (exact) mass is 357 g/mol. The SMILES string of the molecule is Cc1cc(OCC(O)CN2CCOCC2(C)C)ccc1C(C)C.Cl. The summed E-state index contributed by atoms with van der Waals surface area (Å²) in [6, 6.07) is 6.17. The summed E-state index contributed by atoms with van der Waals surface area (Å²) in [4.78, 5) is 2.28. The van der Waals surface area contributed by atoms with Crippen molar-refractivity contribution in [1.29, 1.82) is 0 Å². The van der Waals surface area contributed by atoms with Crippen molar-refractivity contribution in [3.8, 4) is 5.75 Å². The molecule has 4 nitrogen and oxygen atoms in total. The van der Waals surface area contributed by atoms with Crippen molar-refractivity contribution in [3.05, 3.63) is 29.3 Å². The Bertz CT molecular complexity index is 519. The Balaban J connectivity index is 0.00000288. The van der Waals surface area contributed by atoms with E-state index in [4.69, 9.17) is 9.47 Å². The summed E-state index contributed by atoms with van der Waals surface area (Å²) in [7, 11) is 0. The van der Waals surface area contributed by atoms with Crippen molar-refractivity contribution in [2.45, 2.75) is 52.2 Å². The Hall–Kier alpha value is -0.810. The van der Waals surface area contributed by atoms with Crippen LogP contribution in [0, 0.1) is 6.92 Å². The average molecular weight is 358 g/mol. The third-order valence-electron chi connectivity index (χ3n) is 4.55. The third-order valence-corrected chi connectivity index (χ3v) is 4.55. The van der Waals surface area contributed by atoms with Crippen LogP contribution in [-0.2, 0) is 4.74 Å². The molecule has 1 aromatic rings. The van der Waals surface area contributed by atoms with E-state index in [0.29, 0.717) is 25.7 Å².